The van der Waals surface area contributed by atoms with E-state index in [0.717, 1.165) is 0 Å². The third-order valence-electron chi connectivity index (χ3n) is 1.83. The molecule has 1 aromatic carbocycles. The molecule has 6 nitrogen and oxygen atoms in total. The Morgan fingerprint density at radius 2 is 2.19 bits per heavy atom. The summed E-state index contributed by atoms with van der Waals surface area (Å²) in [4.78, 5) is 14.0. The molecule has 0 saturated heterocycles. The van der Waals surface area contributed by atoms with Gasteiger partial charge in [0.15, 0.2) is 0 Å². The number of carbonyl (C=O) groups excluding carboxylic acids is 1. The molecule has 1 aromatic rings. The van der Waals surface area contributed by atoms with Gasteiger partial charge in [0.1, 0.15) is 5.75 Å². The van der Waals surface area contributed by atoms with E-state index in [0.29, 0.717) is 10.2 Å². The number of esters is 1. The molecule has 0 bridgehead atoms. The Morgan fingerprint density at radius 3 is 2.69 bits per heavy atom. The van der Waals surface area contributed by atoms with Gasteiger partial charge in [-0.15, -0.1) is 0 Å². The first kappa shape index (κ1) is 12.4. The number of hydrogen-bond donors (Lipinski definition) is 0. The van der Waals surface area contributed by atoms with E-state index in [4.69, 9.17) is 10.3 Å². The van der Waals surface area contributed by atoms with Crippen molar-refractivity contribution in [2.24, 2.45) is 5.11 Å². The average molecular weight is 286 g/mol. The van der Waals surface area contributed by atoms with Crippen molar-refractivity contribution < 1.29 is 14.3 Å². The van der Waals surface area contributed by atoms with Crippen LogP contribution in [0.25, 0.3) is 10.4 Å². The SMILES string of the molecule is COC(=O)c1cc(OC)c(Br)cc1N=[N+]=[N-]. The molecule has 0 aliphatic rings. The minimum atomic E-state index is -0.590. The fourth-order valence-corrected chi connectivity index (χ4v) is 1.60. The van der Waals surface area contributed by atoms with Crippen LogP contribution < -0.4 is 4.74 Å². The number of ether oxygens (including phenoxy) is 2. The normalized spacial score (nSPS) is 9.19. The van der Waals surface area contributed by atoms with Crippen LogP contribution in [0.1, 0.15) is 10.4 Å². The molecule has 0 heterocycles. The van der Waals surface area contributed by atoms with E-state index in [9.17, 15) is 4.79 Å². The van der Waals surface area contributed by atoms with Crippen molar-refractivity contribution in [1.29, 1.82) is 0 Å². The summed E-state index contributed by atoms with van der Waals surface area (Å²) in [5.74, 6) is -0.134. The van der Waals surface area contributed by atoms with Crippen molar-refractivity contribution in [3.63, 3.8) is 0 Å². The van der Waals surface area contributed by atoms with Crippen LogP contribution in [0.2, 0.25) is 0 Å². The number of halogens is 1. The zero-order valence-electron chi connectivity index (χ0n) is 8.60. The Hall–Kier alpha value is -1.72. The lowest BCUT2D eigenvalue weighted by Crippen LogP contribution is -2.02. The second-order valence-corrected chi connectivity index (χ2v) is 3.54. The number of benzene rings is 1. The Labute approximate surface area is 99.9 Å². The summed E-state index contributed by atoms with van der Waals surface area (Å²) in [5.41, 5.74) is 8.71. The van der Waals surface area contributed by atoms with Gasteiger partial charge in [-0.05, 0) is 33.6 Å². The van der Waals surface area contributed by atoms with Gasteiger partial charge >= 0.3 is 5.97 Å². The number of azide groups is 1. The lowest BCUT2D eigenvalue weighted by atomic mass is 10.1. The van der Waals surface area contributed by atoms with Gasteiger partial charge in [-0.2, -0.15) is 0 Å². The molecule has 0 aliphatic heterocycles. The van der Waals surface area contributed by atoms with Gasteiger partial charge in [0.25, 0.3) is 0 Å². The van der Waals surface area contributed by atoms with Crippen LogP contribution in [0, 0.1) is 0 Å². The highest BCUT2D eigenvalue weighted by Gasteiger charge is 2.14. The summed E-state index contributed by atoms with van der Waals surface area (Å²) in [6.07, 6.45) is 0. The molecule has 1 rings (SSSR count). The van der Waals surface area contributed by atoms with Gasteiger partial charge in [-0.25, -0.2) is 4.79 Å². The standard InChI is InChI=1S/C9H8BrN3O3/c1-15-8-3-5(9(14)16-2)7(12-13-11)4-6(8)10/h3-4H,1-2H3. The number of rotatable bonds is 3. The van der Waals surface area contributed by atoms with Crippen LogP contribution >= 0.6 is 15.9 Å². The number of methoxy groups -OCH3 is 2. The molecule has 0 saturated carbocycles. The Morgan fingerprint density at radius 1 is 1.50 bits per heavy atom. The van der Waals surface area contributed by atoms with Crippen molar-refractivity contribution in [2.75, 3.05) is 14.2 Å². The van der Waals surface area contributed by atoms with E-state index >= 15 is 0 Å². The first-order chi connectivity index (χ1) is 7.63. The number of carbonyl (C=O) groups is 1. The molecule has 0 aromatic heterocycles. The Bertz CT molecular complexity index is 469. The van der Waals surface area contributed by atoms with Crippen molar-refractivity contribution in [2.45, 2.75) is 0 Å². The maximum Gasteiger partial charge on any atom is 0.338 e. The predicted molar refractivity (Wildman–Crippen MR) is 60.8 cm³/mol. The third kappa shape index (κ3) is 2.44. The van der Waals surface area contributed by atoms with E-state index < -0.39 is 5.97 Å². The zero-order chi connectivity index (χ0) is 12.1. The van der Waals surface area contributed by atoms with Gasteiger partial charge in [-0.3, -0.25) is 0 Å². The topological polar surface area (TPSA) is 84.3 Å². The van der Waals surface area contributed by atoms with E-state index in [1.807, 2.05) is 0 Å². The predicted octanol–water partition coefficient (Wildman–Crippen LogP) is 3.19. The monoisotopic (exact) mass is 285 g/mol. The summed E-state index contributed by atoms with van der Waals surface area (Å²) >= 11 is 3.22. The van der Waals surface area contributed by atoms with Crippen LogP contribution in [0.5, 0.6) is 5.75 Å². The van der Waals surface area contributed by atoms with Crippen molar-refractivity contribution in [3.05, 3.63) is 32.6 Å². The highest BCUT2D eigenvalue weighted by atomic mass is 79.9. The Balaban J connectivity index is 3.41. The molecule has 0 unspecified atom stereocenters. The fourth-order valence-electron chi connectivity index (χ4n) is 1.10. The van der Waals surface area contributed by atoms with E-state index in [-0.39, 0.29) is 11.3 Å². The molecule has 0 aliphatic carbocycles. The molecule has 0 radical (unpaired) electrons. The van der Waals surface area contributed by atoms with Gasteiger partial charge in [0, 0.05) is 4.91 Å². The molecule has 0 amide bonds. The first-order valence-electron chi connectivity index (χ1n) is 4.15. The molecular formula is C9H8BrN3O3. The van der Waals surface area contributed by atoms with Crippen LogP contribution in [-0.4, -0.2) is 20.2 Å². The summed E-state index contributed by atoms with van der Waals surface area (Å²) in [6, 6.07) is 2.94. The smallest absolute Gasteiger partial charge is 0.338 e. The Kier molecular flexibility index (Phi) is 4.16. The molecule has 0 fully saturated rings. The molecule has 84 valence electrons. The van der Waals surface area contributed by atoms with Gasteiger partial charge in [0.05, 0.1) is 29.9 Å². The second-order valence-electron chi connectivity index (χ2n) is 2.68. The minimum absolute atomic E-state index is 0.153. The fraction of sp³-hybridized carbons (Fsp3) is 0.222. The van der Waals surface area contributed by atoms with E-state index in [1.54, 1.807) is 0 Å². The zero-order valence-corrected chi connectivity index (χ0v) is 10.2. The molecule has 16 heavy (non-hydrogen) atoms. The average Bonchev–Trinajstić information content (AvgIpc) is 2.29. The van der Waals surface area contributed by atoms with Crippen LogP contribution in [0.4, 0.5) is 5.69 Å². The van der Waals surface area contributed by atoms with Gasteiger partial charge < -0.3 is 9.47 Å². The van der Waals surface area contributed by atoms with Crippen molar-refractivity contribution >= 4 is 27.6 Å². The molecule has 0 spiro atoms. The highest BCUT2D eigenvalue weighted by molar-refractivity contribution is 9.10. The highest BCUT2D eigenvalue weighted by Crippen LogP contribution is 2.33. The number of nitrogens with zero attached hydrogens (tertiary/aromatic N) is 3. The molecular weight excluding hydrogens is 278 g/mol. The lowest BCUT2D eigenvalue weighted by Gasteiger charge is -2.08. The van der Waals surface area contributed by atoms with Crippen molar-refractivity contribution in [3.8, 4) is 5.75 Å². The maximum atomic E-state index is 11.4. The lowest BCUT2D eigenvalue weighted by molar-refractivity contribution is 0.0601. The van der Waals surface area contributed by atoms with Crippen molar-refractivity contribution in [1.82, 2.24) is 0 Å². The van der Waals surface area contributed by atoms with Gasteiger partial charge in [0.2, 0.25) is 0 Å². The third-order valence-corrected chi connectivity index (χ3v) is 2.45. The summed E-state index contributed by atoms with van der Waals surface area (Å²) in [5, 5.41) is 3.41. The van der Waals surface area contributed by atoms with Crippen LogP contribution in [0.15, 0.2) is 21.7 Å². The minimum Gasteiger partial charge on any atom is -0.496 e. The van der Waals surface area contributed by atoms with E-state index in [2.05, 4.69) is 30.7 Å². The second kappa shape index (κ2) is 5.39. The van der Waals surface area contributed by atoms with Gasteiger partial charge in [-0.1, -0.05) is 5.11 Å². The molecule has 7 heteroatoms. The summed E-state index contributed by atoms with van der Waals surface area (Å²) in [6.45, 7) is 0. The summed E-state index contributed by atoms with van der Waals surface area (Å²) in [7, 11) is 2.71. The maximum absolute atomic E-state index is 11.4. The van der Waals surface area contributed by atoms with Crippen LogP contribution in [-0.2, 0) is 4.74 Å². The van der Waals surface area contributed by atoms with E-state index in [1.165, 1.54) is 26.4 Å². The first-order valence-corrected chi connectivity index (χ1v) is 4.94. The number of hydrogen-bond acceptors (Lipinski definition) is 4. The largest absolute Gasteiger partial charge is 0.496 e. The molecule has 0 atom stereocenters. The quantitative estimate of drug-likeness (QED) is 0.370. The van der Waals surface area contributed by atoms with Crippen LogP contribution in [0.3, 0.4) is 0 Å². The molecule has 0 N–H and O–H groups in total. The summed E-state index contributed by atoms with van der Waals surface area (Å²) < 4.78 is 10.2.